The number of hydrogen-bond acceptors (Lipinski definition) is 3. The van der Waals surface area contributed by atoms with Crippen molar-refractivity contribution >= 4 is 27.5 Å². The lowest BCUT2D eigenvalue weighted by Gasteiger charge is -2.22. The molecular weight excluding hydrogens is 361 g/mol. The van der Waals surface area contributed by atoms with Gasteiger partial charge in [-0.2, -0.15) is 0 Å². The van der Waals surface area contributed by atoms with Crippen LogP contribution >= 0.6 is 27.5 Å². The zero-order chi connectivity index (χ0) is 15.0. The van der Waals surface area contributed by atoms with Crippen LogP contribution in [0.3, 0.4) is 0 Å². The predicted molar refractivity (Wildman–Crippen MR) is 82.6 cm³/mol. The van der Waals surface area contributed by atoms with E-state index in [4.69, 9.17) is 26.8 Å². The summed E-state index contributed by atoms with van der Waals surface area (Å²) in [6, 6.07) is 7.68. The van der Waals surface area contributed by atoms with E-state index >= 15 is 0 Å². The van der Waals surface area contributed by atoms with E-state index in [1.165, 1.54) is 6.07 Å². The minimum Gasteiger partial charge on any atom is -0.486 e. The molecule has 0 aromatic heterocycles. The molecule has 3 rings (SSSR count). The summed E-state index contributed by atoms with van der Waals surface area (Å²) in [6.07, 6.45) is 0. The van der Waals surface area contributed by atoms with Gasteiger partial charge in [0, 0.05) is 10.0 Å². The standard InChI is InChI=1S/C15H12BrClFNO2/c16-10-7-13-12(20-4-5-21-13)6-9(10)15(19)8-2-1-3-11(17)14(8)18/h1-3,6-7,15H,4-5,19H2. The van der Waals surface area contributed by atoms with E-state index in [0.717, 1.165) is 4.47 Å². The Labute approximate surface area is 134 Å². The van der Waals surface area contributed by atoms with Crippen LogP contribution < -0.4 is 15.2 Å². The van der Waals surface area contributed by atoms with Crippen molar-refractivity contribution in [2.45, 2.75) is 6.04 Å². The molecule has 1 heterocycles. The van der Waals surface area contributed by atoms with Gasteiger partial charge in [-0.3, -0.25) is 0 Å². The summed E-state index contributed by atoms with van der Waals surface area (Å²) in [5, 5.41) is 0.0524. The van der Waals surface area contributed by atoms with Gasteiger partial charge in [0.25, 0.3) is 0 Å². The second-order valence-corrected chi connectivity index (χ2v) is 5.90. The van der Waals surface area contributed by atoms with Gasteiger partial charge < -0.3 is 15.2 Å². The average Bonchev–Trinajstić information content (AvgIpc) is 2.48. The lowest BCUT2D eigenvalue weighted by Crippen LogP contribution is -2.18. The predicted octanol–water partition coefficient (Wildman–Crippen LogP) is 4.06. The molecule has 0 amide bonds. The Balaban J connectivity index is 2.05. The molecule has 0 radical (unpaired) electrons. The molecule has 1 atom stereocenters. The Morgan fingerprint density at radius 3 is 2.52 bits per heavy atom. The van der Waals surface area contributed by atoms with E-state index in [0.29, 0.717) is 35.8 Å². The zero-order valence-electron chi connectivity index (χ0n) is 10.9. The molecule has 0 bridgehead atoms. The van der Waals surface area contributed by atoms with Gasteiger partial charge in [0.2, 0.25) is 0 Å². The van der Waals surface area contributed by atoms with Crippen molar-refractivity contribution in [3.8, 4) is 11.5 Å². The van der Waals surface area contributed by atoms with Crippen molar-refractivity contribution in [1.29, 1.82) is 0 Å². The minimum atomic E-state index is -0.658. The lowest BCUT2D eigenvalue weighted by molar-refractivity contribution is 0.171. The third-order valence-corrected chi connectivity index (χ3v) is 4.29. The fraction of sp³-hybridized carbons (Fsp3) is 0.200. The van der Waals surface area contributed by atoms with Crippen LogP contribution in [0.5, 0.6) is 11.5 Å². The molecule has 1 unspecified atom stereocenters. The normalized spacial score (nSPS) is 14.9. The Hall–Kier alpha value is -1.30. The number of fused-ring (bicyclic) bond motifs is 1. The largest absolute Gasteiger partial charge is 0.486 e. The van der Waals surface area contributed by atoms with Crippen LogP contribution in [0.1, 0.15) is 17.2 Å². The number of rotatable bonds is 2. The van der Waals surface area contributed by atoms with E-state index < -0.39 is 11.9 Å². The Kier molecular flexibility index (Phi) is 4.06. The molecule has 0 aliphatic carbocycles. The highest BCUT2D eigenvalue weighted by Gasteiger charge is 2.22. The van der Waals surface area contributed by atoms with Crippen molar-refractivity contribution in [3.05, 3.63) is 56.8 Å². The smallest absolute Gasteiger partial charge is 0.162 e. The van der Waals surface area contributed by atoms with Gasteiger partial charge in [0.1, 0.15) is 19.0 Å². The zero-order valence-corrected chi connectivity index (χ0v) is 13.2. The summed E-state index contributed by atoms with van der Waals surface area (Å²) in [6.45, 7) is 0.989. The molecule has 0 saturated carbocycles. The molecule has 1 aliphatic heterocycles. The van der Waals surface area contributed by atoms with E-state index in [2.05, 4.69) is 15.9 Å². The topological polar surface area (TPSA) is 44.5 Å². The monoisotopic (exact) mass is 371 g/mol. The molecule has 3 nitrogen and oxygen atoms in total. The van der Waals surface area contributed by atoms with Gasteiger partial charge in [-0.1, -0.05) is 39.7 Å². The van der Waals surface area contributed by atoms with Crippen molar-refractivity contribution in [2.24, 2.45) is 5.73 Å². The highest BCUT2D eigenvalue weighted by Crippen LogP contribution is 2.39. The molecule has 0 fully saturated rings. The van der Waals surface area contributed by atoms with Gasteiger partial charge in [-0.05, 0) is 23.8 Å². The van der Waals surface area contributed by atoms with E-state index in [1.54, 1.807) is 24.3 Å². The Morgan fingerprint density at radius 2 is 1.81 bits per heavy atom. The molecule has 2 aromatic rings. The first-order valence-electron chi connectivity index (χ1n) is 6.36. The fourth-order valence-corrected chi connectivity index (χ4v) is 3.00. The van der Waals surface area contributed by atoms with Gasteiger partial charge >= 0.3 is 0 Å². The maximum Gasteiger partial charge on any atom is 0.162 e. The summed E-state index contributed by atoms with van der Waals surface area (Å²) in [7, 11) is 0. The van der Waals surface area contributed by atoms with Crippen molar-refractivity contribution in [1.82, 2.24) is 0 Å². The Morgan fingerprint density at radius 1 is 1.14 bits per heavy atom. The van der Waals surface area contributed by atoms with Gasteiger partial charge in [0.15, 0.2) is 11.5 Å². The van der Waals surface area contributed by atoms with Crippen molar-refractivity contribution < 1.29 is 13.9 Å². The van der Waals surface area contributed by atoms with Crippen LogP contribution in [0.4, 0.5) is 4.39 Å². The maximum absolute atomic E-state index is 14.1. The fourth-order valence-electron chi connectivity index (χ4n) is 2.25. The number of benzene rings is 2. The van der Waals surface area contributed by atoms with Crippen LogP contribution in [0.25, 0.3) is 0 Å². The van der Waals surface area contributed by atoms with E-state index in [-0.39, 0.29) is 5.02 Å². The molecule has 0 spiro atoms. The maximum atomic E-state index is 14.1. The van der Waals surface area contributed by atoms with E-state index in [9.17, 15) is 4.39 Å². The number of halogens is 3. The third-order valence-electron chi connectivity index (χ3n) is 3.31. The molecule has 6 heteroatoms. The van der Waals surface area contributed by atoms with Crippen LogP contribution in [0, 0.1) is 5.82 Å². The van der Waals surface area contributed by atoms with Crippen molar-refractivity contribution in [3.63, 3.8) is 0 Å². The molecule has 2 N–H and O–H groups in total. The molecule has 21 heavy (non-hydrogen) atoms. The molecule has 110 valence electrons. The first-order chi connectivity index (χ1) is 10.1. The van der Waals surface area contributed by atoms with Gasteiger partial charge in [0.05, 0.1) is 11.1 Å². The van der Waals surface area contributed by atoms with Crippen molar-refractivity contribution in [2.75, 3.05) is 13.2 Å². The van der Waals surface area contributed by atoms with Crippen LogP contribution in [-0.4, -0.2) is 13.2 Å². The van der Waals surface area contributed by atoms with E-state index in [1.807, 2.05) is 0 Å². The van der Waals surface area contributed by atoms with Crippen LogP contribution in [0.2, 0.25) is 5.02 Å². The third kappa shape index (κ3) is 2.73. The molecule has 0 saturated heterocycles. The minimum absolute atomic E-state index is 0.0524. The van der Waals surface area contributed by atoms with Crippen LogP contribution in [0.15, 0.2) is 34.8 Å². The SMILES string of the molecule is NC(c1cc2c(cc1Br)OCCO2)c1cccc(Cl)c1F. The highest BCUT2D eigenvalue weighted by molar-refractivity contribution is 9.10. The molecular formula is C15H12BrClFNO2. The summed E-state index contributed by atoms with van der Waals surface area (Å²) >= 11 is 9.26. The molecule has 2 aromatic carbocycles. The number of hydrogen-bond donors (Lipinski definition) is 1. The Bertz CT molecular complexity index is 696. The lowest BCUT2D eigenvalue weighted by atomic mass is 9.98. The van der Waals surface area contributed by atoms with Gasteiger partial charge in [-0.25, -0.2) is 4.39 Å². The number of ether oxygens (including phenoxy) is 2. The van der Waals surface area contributed by atoms with Gasteiger partial charge in [-0.15, -0.1) is 0 Å². The summed E-state index contributed by atoms with van der Waals surface area (Å²) < 4.78 is 25.9. The first-order valence-corrected chi connectivity index (χ1v) is 7.53. The van der Waals surface area contributed by atoms with Crippen LogP contribution in [-0.2, 0) is 0 Å². The number of nitrogens with two attached hydrogens (primary N) is 1. The quantitative estimate of drug-likeness (QED) is 0.864. The second kappa shape index (κ2) is 5.83. The average molecular weight is 373 g/mol. The first kappa shape index (κ1) is 14.6. The molecule has 1 aliphatic rings. The summed E-state index contributed by atoms with van der Waals surface area (Å²) in [5.74, 6) is 0.751. The highest BCUT2D eigenvalue weighted by atomic mass is 79.9. The summed E-state index contributed by atoms with van der Waals surface area (Å²) in [5.41, 5.74) is 7.24. The second-order valence-electron chi connectivity index (χ2n) is 4.64. The summed E-state index contributed by atoms with van der Waals surface area (Å²) in [4.78, 5) is 0.